The van der Waals surface area contributed by atoms with Crippen LogP contribution in [0.5, 0.6) is 0 Å². The van der Waals surface area contributed by atoms with Crippen molar-refractivity contribution in [1.82, 2.24) is 20.6 Å². The van der Waals surface area contributed by atoms with E-state index in [1.165, 1.54) is 12.2 Å². The molecule has 11 atom stereocenters. The van der Waals surface area contributed by atoms with Crippen molar-refractivity contribution in [2.24, 2.45) is 0 Å². The van der Waals surface area contributed by atoms with Gasteiger partial charge in [0.25, 0.3) is 0 Å². The highest BCUT2D eigenvalue weighted by Crippen LogP contribution is 2.46. The van der Waals surface area contributed by atoms with Crippen LogP contribution in [0.1, 0.15) is 51.0 Å². The summed E-state index contributed by atoms with van der Waals surface area (Å²) in [5, 5.41) is 32.2. The number of ether oxygens (including phenoxy) is 6. The number of rotatable bonds is 14. The number of Topliss-reactive ketones (excluding diaryl/α,β-unsaturated/α-hetero) is 2. The van der Waals surface area contributed by atoms with E-state index in [9.17, 15) is 19.8 Å². The van der Waals surface area contributed by atoms with E-state index in [-0.39, 0.29) is 60.2 Å². The molecule has 1 aliphatic carbocycles. The summed E-state index contributed by atoms with van der Waals surface area (Å²) in [6, 6.07) is 7.62. The molecular weight excluding hydrogens is 1020 g/mol. The topological polar surface area (TPSA) is 200 Å². The molecule has 5 N–H and O–H groups in total. The fourth-order valence-electron chi connectivity index (χ4n) is 8.49. The number of benzene rings is 1. The molecule has 4 heterocycles. The number of H-pyrrole nitrogens is 1. The summed E-state index contributed by atoms with van der Waals surface area (Å²) in [4.78, 5) is 50.0. The first-order chi connectivity index (χ1) is 31.6. The maximum atomic E-state index is 15.4. The zero-order chi connectivity index (χ0) is 47.9. The maximum absolute atomic E-state index is 15.4. The smallest absolute Gasteiger partial charge is 0.411 e. The first kappa shape index (κ1) is 51.8. The molecule has 1 amide bonds. The van der Waals surface area contributed by atoms with Gasteiger partial charge in [-0.3, -0.25) is 19.9 Å². The molecule has 354 valence electrons. The molecule has 66 heavy (non-hydrogen) atoms. The van der Waals surface area contributed by atoms with Gasteiger partial charge in [0, 0.05) is 63.4 Å². The molecule has 3 aromatic rings. The number of aliphatic hydroxyl groups is 2. The van der Waals surface area contributed by atoms with Crippen LogP contribution < -0.4 is 10.6 Å². The summed E-state index contributed by atoms with van der Waals surface area (Å²) in [5.41, 5.74) is 1.44. The predicted molar refractivity (Wildman–Crippen MR) is 266 cm³/mol. The number of hydrogen-bond acceptors (Lipinski definition) is 15. The number of allylic oxidation sites excluding steroid dienone is 3. The first-order valence-corrected chi connectivity index (χ1v) is 26.2. The Bertz CT molecular complexity index is 2560. The Morgan fingerprint density at radius 2 is 1.97 bits per heavy atom. The van der Waals surface area contributed by atoms with Crippen LogP contribution in [0.2, 0.25) is 0 Å². The van der Waals surface area contributed by atoms with E-state index in [4.69, 9.17) is 39.6 Å². The molecule has 15 nitrogen and oxygen atoms in total. The predicted octanol–water partition coefficient (Wildman–Crippen LogP) is 4.77. The van der Waals surface area contributed by atoms with Crippen molar-refractivity contribution in [1.29, 1.82) is 0 Å². The number of ketones is 2. The second kappa shape index (κ2) is 23.2. The average Bonchev–Trinajstić information content (AvgIpc) is 3.68. The highest BCUT2D eigenvalue weighted by molar-refractivity contribution is 14.1. The van der Waals surface area contributed by atoms with Crippen molar-refractivity contribution in [3.63, 3.8) is 0 Å². The lowest BCUT2D eigenvalue weighted by Crippen LogP contribution is -2.68. The number of pyridine rings is 1. The van der Waals surface area contributed by atoms with Crippen LogP contribution in [0.25, 0.3) is 21.8 Å². The first-order valence-electron chi connectivity index (χ1n) is 21.2. The van der Waals surface area contributed by atoms with E-state index in [0.29, 0.717) is 11.3 Å². The summed E-state index contributed by atoms with van der Waals surface area (Å²) < 4.78 is 36.6. The lowest BCUT2D eigenvalue weighted by atomic mass is 9.82. The van der Waals surface area contributed by atoms with Gasteiger partial charge in [0.2, 0.25) is 5.78 Å². The number of methoxy groups -OCH3 is 2. The molecule has 2 aliphatic heterocycles. The fraction of sp³-hybridized carbons (Fsp3) is 0.489. The van der Waals surface area contributed by atoms with Crippen molar-refractivity contribution in [2.75, 3.05) is 39.1 Å². The third-order valence-electron chi connectivity index (χ3n) is 11.5. The Balaban J connectivity index is 1.51. The number of thioether (sulfide) groups is 1. The normalized spacial score (nSPS) is 28.5. The number of nitrogens with one attached hydrogen (secondary N) is 3. The minimum Gasteiger partial charge on any atom is -0.453 e. The SMILES string of the molecule is CC#C/C=C\C#C[C@H](OC1OC(C)C(SC)(C(=O)c2nccc3c2[nH]c2cccc(I)c23)C(O)C1OC1CC(OC)C(NC(C)C)CO1)C1=C(NC(=O)OC)C(=O)C[C@H](O)/C1=C/CS(C)=S. The molecule has 6 rings (SSSR count). The lowest BCUT2D eigenvalue weighted by Gasteiger charge is -2.51. The number of aliphatic hydroxyl groups excluding tert-OH is 2. The fourth-order valence-corrected chi connectivity index (χ4v) is 10.9. The Morgan fingerprint density at radius 3 is 2.65 bits per heavy atom. The minimum absolute atomic E-state index is 0.0228. The van der Waals surface area contributed by atoms with Gasteiger partial charge < -0.3 is 48.9 Å². The summed E-state index contributed by atoms with van der Waals surface area (Å²) in [7, 11) is 2.19. The van der Waals surface area contributed by atoms with Gasteiger partial charge in [0.05, 0.1) is 49.3 Å². The number of fused-ring (bicyclic) bond motifs is 3. The van der Waals surface area contributed by atoms with Gasteiger partial charge >= 0.3 is 6.09 Å². The Kier molecular flexibility index (Phi) is 18.2. The Hall–Kier alpha value is -3.55. The van der Waals surface area contributed by atoms with Crippen LogP contribution in [0.4, 0.5) is 4.79 Å². The van der Waals surface area contributed by atoms with Crippen LogP contribution in [0.3, 0.4) is 0 Å². The monoisotopic (exact) mass is 1070 g/mol. The zero-order valence-electron chi connectivity index (χ0n) is 37.8. The largest absolute Gasteiger partial charge is 0.453 e. The van der Waals surface area contributed by atoms with Gasteiger partial charge in [-0.25, -0.2) is 4.79 Å². The standard InChI is InChI=1S/C47H55IN4O11S3/c1-9-10-11-12-13-17-34(38-27(19-21-66(8)64)32(53)22-33(54)40(38)52-46(57)59-6)62-45-42(63-36-23-35(58-5)31(24-60-36)50-25(2)3)44(56)47(65-7,26(4)61-45)43(55)41-39-28(18-20-49-41)37-29(48)15-14-16-30(37)51-39/h11-12,14-16,18-20,25-26,31-32,34-36,42,44-45,50-51,53,56H,21-24H2,1-8H3,(H,52,57)/b12-11-,27-19-/t26?,31?,32-,34-,35?,36?,42?,44?,45?,47?,66?/m0/s1. The molecule has 0 spiro atoms. The minimum atomic E-state index is -1.75. The van der Waals surface area contributed by atoms with Crippen molar-refractivity contribution in [3.8, 4) is 23.7 Å². The lowest BCUT2D eigenvalue weighted by molar-refractivity contribution is -0.323. The number of halogens is 1. The second-order valence-electron chi connectivity index (χ2n) is 16.1. The van der Waals surface area contributed by atoms with Gasteiger partial charge in [-0.2, -0.15) is 0 Å². The van der Waals surface area contributed by atoms with E-state index in [1.54, 1.807) is 39.5 Å². The van der Waals surface area contributed by atoms with Gasteiger partial charge in [-0.05, 0) is 84.9 Å². The molecule has 0 radical (unpaired) electrons. The Morgan fingerprint density at radius 1 is 1.21 bits per heavy atom. The van der Waals surface area contributed by atoms with Crippen LogP contribution >= 0.6 is 34.4 Å². The highest BCUT2D eigenvalue weighted by Gasteiger charge is 2.61. The number of carbonyl (C=O) groups excluding carboxylic acids is 3. The van der Waals surface area contributed by atoms with Crippen molar-refractivity contribution in [3.05, 3.63) is 74.8 Å². The number of hydrogen-bond donors (Lipinski definition) is 5. The van der Waals surface area contributed by atoms with E-state index in [1.807, 2.05) is 44.4 Å². The number of aromatic amines is 1. The number of aromatic nitrogens is 2. The molecule has 19 heteroatoms. The van der Waals surface area contributed by atoms with Crippen LogP contribution in [-0.4, -0.2) is 143 Å². The van der Waals surface area contributed by atoms with Crippen molar-refractivity contribution >= 4 is 94.5 Å². The third kappa shape index (κ3) is 11.1. The van der Waals surface area contributed by atoms with E-state index in [2.05, 4.69) is 66.9 Å². The van der Waals surface area contributed by atoms with Crippen LogP contribution in [-0.2, 0) is 53.9 Å². The number of nitrogens with zero attached hydrogens (tertiary/aromatic N) is 1. The maximum Gasteiger partial charge on any atom is 0.411 e. The number of amides is 1. The Labute approximate surface area is 409 Å². The molecule has 1 aromatic carbocycles. The van der Waals surface area contributed by atoms with Crippen LogP contribution in [0, 0.1) is 27.3 Å². The summed E-state index contributed by atoms with van der Waals surface area (Å²) in [5.74, 6) is 10.7. The molecule has 3 aliphatic rings. The summed E-state index contributed by atoms with van der Waals surface area (Å²) >= 11 is 8.85. The third-order valence-corrected chi connectivity index (χ3v) is 14.9. The molecule has 2 saturated heterocycles. The van der Waals surface area contributed by atoms with Gasteiger partial charge in [-0.1, -0.05) is 54.9 Å². The quantitative estimate of drug-likeness (QED) is 0.0840. The average molecular weight is 1080 g/mol. The second-order valence-corrected chi connectivity index (χ2v) is 21.5. The zero-order valence-corrected chi connectivity index (χ0v) is 42.4. The number of alkyl carbamates (subject to hydrolysis) is 1. The summed E-state index contributed by atoms with van der Waals surface area (Å²) in [6.45, 7) is 7.55. The van der Waals surface area contributed by atoms with E-state index < -0.39 is 75.0 Å². The van der Waals surface area contributed by atoms with Gasteiger partial charge in [0.1, 0.15) is 28.8 Å². The van der Waals surface area contributed by atoms with E-state index in [0.717, 1.165) is 38.7 Å². The van der Waals surface area contributed by atoms with E-state index >= 15 is 4.79 Å². The van der Waals surface area contributed by atoms with Gasteiger partial charge in [0.15, 0.2) is 18.4 Å². The van der Waals surface area contributed by atoms with Crippen molar-refractivity contribution < 1.29 is 53.0 Å². The molecule has 2 fully saturated rings. The molecule has 2 aromatic heterocycles. The number of carbonyl (C=O) groups is 3. The van der Waals surface area contributed by atoms with Crippen LogP contribution in [0.15, 0.2) is 65.5 Å². The van der Waals surface area contributed by atoms with Crippen molar-refractivity contribution in [2.45, 2.75) is 107 Å². The summed E-state index contributed by atoms with van der Waals surface area (Å²) in [6.07, 6.45) is -1.19. The highest BCUT2D eigenvalue weighted by atomic mass is 127. The molecule has 9 unspecified atom stereocenters. The molecule has 0 saturated carbocycles. The molecular formula is C47H55IN4O11S3. The molecule has 0 bridgehead atoms. The van der Waals surface area contributed by atoms with Gasteiger partial charge in [-0.15, -0.1) is 27.1 Å².